The number of carbonyl (C=O) groups excluding carboxylic acids is 1. The number of ketones is 1. The molecule has 112 valence electrons. The lowest BCUT2D eigenvalue weighted by molar-refractivity contribution is 0.0885. The quantitative estimate of drug-likeness (QED) is 0.759. The van der Waals surface area contributed by atoms with Gasteiger partial charge in [-0.2, -0.15) is 0 Å². The highest BCUT2D eigenvalue weighted by Crippen LogP contribution is 2.56. The number of benzene rings is 2. The Kier molecular flexibility index (Phi) is 3.17. The molecule has 0 aromatic heterocycles. The zero-order chi connectivity index (χ0) is 15.3. The highest BCUT2D eigenvalue weighted by Gasteiger charge is 2.64. The molecule has 0 aliphatic carbocycles. The van der Waals surface area contributed by atoms with Crippen molar-refractivity contribution < 1.29 is 9.53 Å². The third kappa shape index (κ3) is 2.03. The molecule has 2 atom stereocenters. The molecule has 22 heavy (non-hydrogen) atoms. The average molecular weight is 310 g/mol. The Hall–Kier alpha value is -1.58. The van der Waals surface area contributed by atoms with Gasteiger partial charge in [-0.05, 0) is 23.1 Å². The Morgan fingerprint density at radius 3 is 2.59 bits per heavy atom. The fraction of sp³-hybridized carbons (Fsp3) is 0.316. The molecule has 0 saturated carbocycles. The van der Waals surface area contributed by atoms with Crippen LogP contribution in [0.5, 0.6) is 0 Å². The number of epoxide rings is 1. The second kappa shape index (κ2) is 4.97. The van der Waals surface area contributed by atoms with Gasteiger partial charge in [0.15, 0.2) is 11.4 Å². The van der Waals surface area contributed by atoms with Crippen LogP contribution in [0.25, 0.3) is 0 Å². The normalized spacial score (nSPS) is 26.3. The molecular weight excluding hydrogens is 292 g/mol. The highest BCUT2D eigenvalue weighted by atomic mass is 32.2. The molecule has 2 nitrogen and oxygen atoms in total. The number of fused-ring (bicyclic) bond motifs is 1. The van der Waals surface area contributed by atoms with Crippen molar-refractivity contribution in [2.75, 3.05) is 5.75 Å². The van der Waals surface area contributed by atoms with Crippen molar-refractivity contribution in [3.8, 4) is 0 Å². The molecule has 2 heterocycles. The first-order valence-corrected chi connectivity index (χ1v) is 8.65. The first-order valence-electron chi connectivity index (χ1n) is 7.66. The van der Waals surface area contributed by atoms with E-state index in [1.807, 2.05) is 24.3 Å². The molecular formula is C19H18O2S. The van der Waals surface area contributed by atoms with E-state index in [0.717, 1.165) is 16.0 Å². The average Bonchev–Trinajstić information content (AvgIpc) is 3.27. The van der Waals surface area contributed by atoms with Crippen molar-refractivity contribution in [2.45, 2.75) is 36.4 Å². The van der Waals surface area contributed by atoms with E-state index < -0.39 is 5.60 Å². The van der Waals surface area contributed by atoms with Crippen LogP contribution in [0.3, 0.4) is 0 Å². The Bertz CT molecular complexity index is 735. The summed E-state index contributed by atoms with van der Waals surface area (Å²) in [7, 11) is 0. The van der Waals surface area contributed by atoms with E-state index in [1.165, 1.54) is 5.56 Å². The number of rotatable bonds is 2. The smallest absolute Gasteiger partial charge is 0.199 e. The molecule has 1 spiro atoms. The fourth-order valence-electron chi connectivity index (χ4n) is 3.11. The second-order valence-electron chi connectivity index (χ2n) is 6.32. The zero-order valence-corrected chi connectivity index (χ0v) is 13.5. The summed E-state index contributed by atoms with van der Waals surface area (Å²) in [5.41, 5.74) is 2.59. The molecule has 3 heteroatoms. The maximum absolute atomic E-state index is 12.8. The van der Waals surface area contributed by atoms with Crippen molar-refractivity contribution in [3.63, 3.8) is 0 Å². The van der Waals surface area contributed by atoms with Gasteiger partial charge in [-0.3, -0.25) is 4.79 Å². The monoisotopic (exact) mass is 310 g/mol. The van der Waals surface area contributed by atoms with Crippen molar-refractivity contribution >= 4 is 17.5 Å². The van der Waals surface area contributed by atoms with Gasteiger partial charge in [0, 0.05) is 16.2 Å². The lowest BCUT2D eigenvalue weighted by Gasteiger charge is -2.20. The predicted octanol–water partition coefficient (Wildman–Crippen LogP) is 4.61. The third-order valence-electron chi connectivity index (χ3n) is 4.56. The molecule has 2 aromatic rings. The van der Waals surface area contributed by atoms with Gasteiger partial charge in [0.1, 0.15) is 6.10 Å². The van der Waals surface area contributed by atoms with E-state index in [-0.39, 0.29) is 11.9 Å². The fourth-order valence-corrected chi connectivity index (χ4v) is 4.32. The van der Waals surface area contributed by atoms with Crippen LogP contribution in [0, 0.1) is 0 Å². The molecule has 2 aliphatic rings. The molecule has 0 unspecified atom stereocenters. The Morgan fingerprint density at radius 2 is 1.86 bits per heavy atom. The molecule has 2 aromatic carbocycles. The van der Waals surface area contributed by atoms with E-state index in [1.54, 1.807) is 11.8 Å². The van der Waals surface area contributed by atoms with E-state index in [9.17, 15) is 4.79 Å². The first kappa shape index (κ1) is 14.0. The summed E-state index contributed by atoms with van der Waals surface area (Å²) in [6, 6.07) is 16.3. The van der Waals surface area contributed by atoms with E-state index in [0.29, 0.717) is 11.7 Å². The standard InChI is InChI=1S/C19H18O2S/c1-12(2)13-7-9-14(10-8-13)18-19(21-18)11-22-16-6-4-3-5-15(16)17(19)20/h3-10,12,18H,11H2,1-2H3/t18-,19+/m0/s1. The van der Waals surface area contributed by atoms with Crippen LogP contribution in [0.2, 0.25) is 0 Å². The molecule has 1 fully saturated rings. The van der Waals surface area contributed by atoms with Crippen LogP contribution < -0.4 is 0 Å². The van der Waals surface area contributed by atoms with Gasteiger partial charge < -0.3 is 4.74 Å². The number of ether oxygens (including phenoxy) is 1. The summed E-state index contributed by atoms with van der Waals surface area (Å²) in [5, 5.41) is 0. The van der Waals surface area contributed by atoms with Crippen molar-refractivity contribution in [1.82, 2.24) is 0 Å². The summed E-state index contributed by atoms with van der Waals surface area (Å²) in [4.78, 5) is 13.9. The van der Waals surface area contributed by atoms with Crippen molar-refractivity contribution in [1.29, 1.82) is 0 Å². The topological polar surface area (TPSA) is 29.6 Å². The summed E-state index contributed by atoms with van der Waals surface area (Å²) >= 11 is 1.72. The lowest BCUT2D eigenvalue weighted by atomic mass is 9.91. The van der Waals surface area contributed by atoms with E-state index in [4.69, 9.17) is 4.74 Å². The van der Waals surface area contributed by atoms with Crippen LogP contribution in [-0.4, -0.2) is 17.1 Å². The number of Topliss-reactive ketones (excluding diaryl/α,β-unsaturated/α-hetero) is 1. The highest BCUT2D eigenvalue weighted by molar-refractivity contribution is 7.99. The van der Waals surface area contributed by atoms with Crippen LogP contribution >= 0.6 is 11.8 Å². The molecule has 4 rings (SSSR count). The Labute approximate surface area is 134 Å². The van der Waals surface area contributed by atoms with Gasteiger partial charge in [0.25, 0.3) is 0 Å². The van der Waals surface area contributed by atoms with Gasteiger partial charge >= 0.3 is 0 Å². The lowest BCUT2D eigenvalue weighted by Crippen LogP contribution is -2.32. The summed E-state index contributed by atoms with van der Waals surface area (Å²) < 4.78 is 5.93. The SMILES string of the molecule is CC(C)c1ccc([C@@H]2O[C@@]23CSc2ccccc2C3=O)cc1. The number of carbonyl (C=O) groups is 1. The number of hydrogen-bond acceptors (Lipinski definition) is 3. The van der Waals surface area contributed by atoms with Crippen LogP contribution in [-0.2, 0) is 4.74 Å². The second-order valence-corrected chi connectivity index (χ2v) is 7.34. The molecule has 1 saturated heterocycles. The Morgan fingerprint density at radius 1 is 1.14 bits per heavy atom. The number of hydrogen-bond donors (Lipinski definition) is 0. The Balaban J connectivity index is 1.62. The summed E-state index contributed by atoms with van der Waals surface area (Å²) in [6.07, 6.45) is -0.0953. The minimum absolute atomic E-state index is 0.0953. The van der Waals surface area contributed by atoms with Crippen LogP contribution in [0.1, 0.15) is 47.4 Å². The predicted molar refractivity (Wildman–Crippen MR) is 88.6 cm³/mol. The summed E-state index contributed by atoms with van der Waals surface area (Å²) in [5.74, 6) is 1.36. The van der Waals surface area contributed by atoms with E-state index in [2.05, 4.69) is 38.1 Å². The molecule has 0 bridgehead atoms. The van der Waals surface area contributed by atoms with Crippen molar-refractivity contribution in [2.24, 2.45) is 0 Å². The van der Waals surface area contributed by atoms with E-state index >= 15 is 0 Å². The first-order chi connectivity index (χ1) is 10.6. The van der Waals surface area contributed by atoms with Crippen LogP contribution in [0.15, 0.2) is 53.4 Å². The third-order valence-corrected chi connectivity index (χ3v) is 5.80. The minimum Gasteiger partial charge on any atom is -0.351 e. The van der Waals surface area contributed by atoms with Gasteiger partial charge in [0.05, 0.1) is 0 Å². The van der Waals surface area contributed by atoms with Gasteiger partial charge in [0.2, 0.25) is 0 Å². The summed E-state index contributed by atoms with van der Waals surface area (Å²) in [6.45, 7) is 4.37. The number of thioether (sulfide) groups is 1. The van der Waals surface area contributed by atoms with Gasteiger partial charge in [-0.25, -0.2) is 0 Å². The molecule has 0 radical (unpaired) electrons. The maximum atomic E-state index is 12.8. The minimum atomic E-state index is -0.641. The largest absolute Gasteiger partial charge is 0.351 e. The molecule has 2 aliphatic heterocycles. The van der Waals surface area contributed by atoms with Gasteiger partial charge in [-0.15, -0.1) is 11.8 Å². The van der Waals surface area contributed by atoms with Crippen LogP contribution in [0.4, 0.5) is 0 Å². The molecule has 0 amide bonds. The zero-order valence-electron chi connectivity index (χ0n) is 12.7. The molecule has 0 N–H and O–H groups in total. The van der Waals surface area contributed by atoms with Crippen molar-refractivity contribution in [3.05, 3.63) is 65.2 Å². The van der Waals surface area contributed by atoms with Gasteiger partial charge in [-0.1, -0.05) is 56.3 Å². The maximum Gasteiger partial charge on any atom is 0.199 e.